The van der Waals surface area contributed by atoms with E-state index in [1.165, 1.54) is 0 Å². The average Bonchev–Trinajstić information content (AvgIpc) is 2.48. The molecule has 0 atom stereocenters. The van der Waals surface area contributed by atoms with Crippen molar-refractivity contribution in [3.8, 4) is 0 Å². The van der Waals surface area contributed by atoms with Gasteiger partial charge in [-0.3, -0.25) is 4.79 Å². The summed E-state index contributed by atoms with van der Waals surface area (Å²) >= 11 is 3.53. The van der Waals surface area contributed by atoms with Gasteiger partial charge in [0.2, 0.25) is 0 Å². The largest absolute Gasteiger partial charge is 0.378 e. The Bertz CT molecular complexity index is 621. The number of hydrogen-bond donors (Lipinski definition) is 0. The first kappa shape index (κ1) is 12.6. The van der Waals surface area contributed by atoms with Crippen LogP contribution in [0.2, 0.25) is 0 Å². The highest BCUT2D eigenvalue weighted by Crippen LogP contribution is 2.27. The lowest BCUT2D eigenvalue weighted by Gasteiger charge is -2.27. The highest BCUT2D eigenvalue weighted by molar-refractivity contribution is 9.10. The molecule has 1 amide bonds. The molecule has 3 nitrogen and oxygen atoms in total. The fourth-order valence-electron chi connectivity index (χ4n) is 2.39. The summed E-state index contributed by atoms with van der Waals surface area (Å²) in [5.41, 5.74) is 0.765. The van der Waals surface area contributed by atoms with Gasteiger partial charge in [0.15, 0.2) is 0 Å². The van der Waals surface area contributed by atoms with Crippen molar-refractivity contribution < 1.29 is 9.53 Å². The molecule has 98 valence electrons. The van der Waals surface area contributed by atoms with Crippen LogP contribution in [0.3, 0.4) is 0 Å². The number of fused-ring (bicyclic) bond motifs is 1. The molecule has 0 aromatic heterocycles. The molecule has 4 heteroatoms. The maximum absolute atomic E-state index is 12.6. The monoisotopic (exact) mass is 319 g/mol. The van der Waals surface area contributed by atoms with E-state index < -0.39 is 0 Å². The smallest absolute Gasteiger partial charge is 0.254 e. The van der Waals surface area contributed by atoms with Gasteiger partial charge in [-0.1, -0.05) is 40.2 Å². The first-order valence-electron chi connectivity index (χ1n) is 6.31. The van der Waals surface area contributed by atoms with Gasteiger partial charge in [0.05, 0.1) is 13.2 Å². The first-order chi connectivity index (χ1) is 9.27. The van der Waals surface area contributed by atoms with Crippen LogP contribution in [0.5, 0.6) is 0 Å². The lowest BCUT2D eigenvalue weighted by molar-refractivity contribution is 0.0304. The Labute approximate surface area is 120 Å². The van der Waals surface area contributed by atoms with Crippen molar-refractivity contribution in [1.82, 2.24) is 4.90 Å². The van der Waals surface area contributed by atoms with E-state index in [1.807, 2.05) is 41.3 Å². The van der Waals surface area contributed by atoms with Crippen LogP contribution in [0, 0.1) is 0 Å². The van der Waals surface area contributed by atoms with E-state index in [1.54, 1.807) is 0 Å². The van der Waals surface area contributed by atoms with Gasteiger partial charge in [-0.05, 0) is 22.9 Å². The number of rotatable bonds is 1. The molecule has 1 fully saturated rings. The number of halogens is 1. The average molecular weight is 320 g/mol. The Kier molecular flexibility index (Phi) is 3.53. The van der Waals surface area contributed by atoms with Gasteiger partial charge in [-0.25, -0.2) is 0 Å². The number of carbonyl (C=O) groups excluding carboxylic acids is 1. The van der Waals surface area contributed by atoms with E-state index >= 15 is 0 Å². The number of nitrogens with zero attached hydrogens (tertiary/aromatic N) is 1. The molecule has 1 aliphatic rings. The third kappa shape index (κ3) is 2.38. The zero-order valence-electron chi connectivity index (χ0n) is 10.4. The predicted molar refractivity (Wildman–Crippen MR) is 78.4 cm³/mol. The molecule has 3 rings (SSSR count). The van der Waals surface area contributed by atoms with Crippen LogP contribution in [-0.2, 0) is 4.74 Å². The fourth-order valence-corrected chi connectivity index (χ4v) is 2.86. The van der Waals surface area contributed by atoms with Crippen LogP contribution in [0.15, 0.2) is 40.9 Å². The van der Waals surface area contributed by atoms with Gasteiger partial charge in [0.25, 0.3) is 5.91 Å². The quantitative estimate of drug-likeness (QED) is 0.808. The highest BCUT2D eigenvalue weighted by atomic mass is 79.9. The van der Waals surface area contributed by atoms with Crippen molar-refractivity contribution in [2.45, 2.75) is 0 Å². The van der Waals surface area contributed by atoms with Gasteiger partial charge in [0.1, 0.15) is 0 Å². The molecule has 0 bridgehead atoms. The second kappa shape index (κ2) is 5.31. The number of amides is 1. The van der Waals surface area contributed by atoms with Gasteiger partial charge in [-0.2, -0.15) is 0 Å². The van der Waals surface area contributed by atoms with Crippen molar-refractivity contribution in [3.63, 3.8) is 0 Å². The molecular formula is C15H14BrNO2. The Morgan fingerprint density at radius 3 is 2.47 bits per heavy atom. The lowest BCUT2D eigenvalue weighted by Crippen LogP contribution is -2.40. The maximum atomic E-state index is 12.6. The summed E-state index contributed by atoms with van der Waals surface area (Å²) < 4.78 is 6.31. The maximum Gasteiger partial charge on any atom is 0.254 e. The van der Waals surface area contributed by atoms with E-state index in [0.29, 0.717) is 26.3 Å². The molecule has 0 radical (unpaired) electrons. The molecule has 1 aliphatic heterocycles. The summed E-state index contributed by atoms with van der Waals surface area (Å²) in [5, 5.41) is 2.06. The second-order valence-electron chi connectivity index (χ2n) is 4.55. The Morgan fingerprint density at radius 1 is 1.05 bits per heavy atom. The fraction of sp³-hybridized carbons (Fsp3) is 0.267. The normalized spacial score (nSPS) is 15.7. The van der Waals surface area contributed by atoms with Crippen molar-refractivity contribution in [2.75, 3.05) is 26.3 Å². The molecule has 1 saturated heterocycles. The third-order valence-corrected chi connectivity index (χ3v) is 4.09. The van der Waals surface area contributed by atoms with Gasteiger partial charge < -0.3 is 9.64 Å². The van der Waals surface area contributed by atoms with E-state index in [9.17, 15) is 4.79 Å². The first-order valence-corrected chi connectivity index (χ1v) is 7.11. The molecule has 0 spiro atoms. The van der Waals surface area contributed by atoms with Crippen LogP contribution < -0.4 is 0 Å². The van der Waals surface area contributed by atoms with Crippen molar-refractivity contribution in [2.24, 2.45) is 0 Å². The van der Waals surface area contributed by atoms with Gasteiger partial charge in [-0.15, -0.1) is 0 Å². The van der Waals surface area contributed by atoms with Crippen molar-refractivity contribution in [3.05, 3.63) is 46.4 Å². The van der Waals surface area contributed by atoms with Crippen molar-refractivity contribution in [1.29, 1.82) is 0 Å². The second-order valence-corrected chi connectivity index (χ2v) is 5.40. The van der Waals surface area contributed by atoms with E-state index in [4.69, 9.17) is 4.74 Å². The molecule has 2 aromatic rings. The predicted octanol–water partition coefficient (Wildman–Crippen LogP) is 3.07. The molecule has 0 saturated carbocycles. The Morgan fingerprint density at radius 2 is 1.74 bits per heavy atom. The van der Waals surface area contributed by atoms with Crippen LogP contribution >= 0.6 is 15.9 Å². The summed E-state index contributed by atoms with van der Waals surface area (Å²) in [6, 6.07) is 11.8. The summed E-state index contributed by atoms with van der Waals surface area (Å²) in [4.78, 5) is 14.4. The van der Waals surface area contributed by atoms with Crippen LogP contribution in [0.1, 0.15) is 10.4 Å². The molecule has 2 aromatic carbocycles. The van der Waals surface area contributed by atoms with Crippen LogP contribution in [0.25, 0.3) is 10.8 Å². The molecular weight excluding hydrogens is 306 g/mol. The lowest BCUT2D eigenvalue weighted by atomic mass is 10.0. The zero-order valence-corrected chi connectivity index (χ0v) is 12.0. The standard InChI is InChI=1S/C15H14BrNO2/c16-14-6-5-13(11-3-1-2-4-12(11)14)15(18)17-7-9-19-10-8-17/h1-6H,7-10H2. The van der Waals surface area contributed by atoms with Gasteiger partial charge in [0, 0.05) is 23.1 Å². The topological polar surface area (TPSA) is 29.5 Å². The minimum atomic E-state index is 0.0898. The number of morpholine rings is 1. The summed E-state index contributed by atoms with van der Waals surface area (Å²) in [7, 11) is 0. The number of benzene rings is 2. The summed E-state index contributed by atoms with van der Waals surface area (Å²) in [6.45, 7) is 2.59. The minimum Gasteiger partial charge on any atom is -0.378 e. The minimum absolute atomic E-state index is 0.0898. The van der Waals surface area contributed by atoms with Gasteiger partial charge >= 0.3 is 0 Å². The van der Waals surface area contributed by atoms with Crippen molar-refractivity contribution >= 4 is 32.6 Å². The van der Waals surface area contributed by atoms with E-state index in [2.05, 4.69) is 15.9 Å². The third-order valence-electron chi connectivity index (χ3n) is 3.40. The number of ether oxygens (including phenoxy) is 1. The highest BCUT2D eigenvalue weighted by Gasteiger charge is 2.20. The zero-order chi connectivity index (χ0) is 13.2. The van der Waals surface area contributed by atoms with E-state index in [-0.39, 0.29) is 5.91 Å². The summed E-state index contributed by atoms with van der Waals surface area (Å²) in [6.07, 6.45) is 0. The molecule has 1 heterocycles. The Balaban J connectivity index is 2.05. The SMILES string of the molecule is O=C(c1ccc(Br)c2ccccc12)N1CCOCC1. The molecule has 19 heavy (non-hydrogen) atoms. The van der Waals surface area contributed by atoms with E-state index in [0.717, 1.165) is 20.8 Å². The molecule has 0 N–H and O–H groups in total. The van der Waals surface area contributed by atoms with Crippen LogP contribution in [-0.4, -0.2) is 37.1 Å². The summed E-state index contributed by atoms with van der Waals surface area (Å²) in [5.74, 6) is 0.0898. The van der Waals surface area contributed by atoms with Crippen LogP contribution in [0.4, 0.5) is 0 Å². The Hall–Kier alpha value is -1.39. The molecule has 0 aliphatic carbocycles. The number of carbonyl (C=O) groups is 1. The molecule has 0 unspecified atom stereocenters. The number of hydrogen-bond acceptors (Lipinski definition) is 2.